The van der Waals surface area contributed by atoms with Crippen LogP contribution >= 0.6 is 11.6 Å². The van der Waals surface area contributed by atoms with Gasteiger partial charge in [-0.25, -0.2) is 4.98 Å². The van der Waals surface area contributed by atoms with E-state index in [1.54, 1.807) is 6.92 Å². The Morgan fingerprint density at radius 2 is 2.20 bits per heavy atom. The van der Waals surface area contributed by atoms with E-state index in [0.29, 0.717) is 0 Å². The second-order valence-electron chi connectivity index (χ2n) is 3.40. The van der Waals surface area contributed by atoms with E-state index in [-0.39, 0.29) is 24.1 Å². The number of hydrogen-bond donors (Lipinski definition) is 4. The summed E-state index contributed by atoms with van der Waals surface area (Å²) < 4.78 is 0. The van der Waals surface area contributed by atoms with Gasteiger partial charge in [0.1, 0.15) is 5.02 Å². The predicted molar refractivity (Wildman–Crippen MR) is 56.1 cm³/mol. The van der Waals surface area contributed by atoms with E-state index in [2.05, 4.69) is 15.3 Å². The van der Waals surface area contributed by atoms with Crippen molar-refractivity contribution in [2.24, 2.45) is 0 Å². The fraction of sp³-hybridized carbons (Fsp3) is 0.500. The van der Waals surface area contributed by atoms with Crippen molar-refractivity contribution in [3.8, 4) is 0 Å². The minimum atomic E-state index is -0.968. The van der Waals surface area contributed by atoms with Crippen LogP contribution in [0.5, 0.6) is 0 Å². The van der Waals surface area contributed by atoms with E-state index in [1.807, 2.05) is 0 Å². The van der Waals surface area contributed by atoms with Crippen LogP contribution in [0.25, 0.3) is 0 Å². The minimum absolute atomic E-state index is 0.106. The van der Waals surface area contributed by atoms with Crippen LogP contribution in [0.1, 0.15) is 6.92 Å². The van der Waals surface area contributed by atoms with Crippen molar-refractivity contribution in [2.45, 2.75) is 12.5 Å². The standard InChI is InChI=1S/C8H12ClN3O3/c1-8(2-13,3-14)12-6-5(9)7(15)11-4-10-6/h4,13-14H,2-3H2,1H3,(H2,10,11,12,15). The Morgan fingerprint density at radius 1 is 1.60 bits per heavy atom. The molecule has 7 heteroatoms. The Kier molecular flexibility index (Phi) is 3.67. The first-order valence-corrected chi connectivity index (χ1v) is 4.63. The average Bonchev–Trinajstić information content (AvgIpc) is 2.25. The number of nitrogens with zero attached hydrogens (tertiary/aromatic N) is 1. The zero-order valence-corrected chi connectivity index (χ0v) is 8.88. The summed E-state index contributed by atoms with van der Waals surface area (Å²) in [4.78, 5) is 17.2. The van der Waals surface area contributed by atoms with Gasteiger partial charge in [0.2, 0.25) is 0 Å². The molecular weight excluding hydrogens is 222 g/mol. The second kappa shape index (κ2) is 4.61. The highest BCUT2D eigenvalue weighted by atomic mass is 35.5. The molecule has 0 aliphatic carbocycles. The number of H-pyrrole nitrogens is 1. The smallest absolute Gasteiger partial charge is 0.271 e. The van der Waals surface area contributed by atoms with Crippen LogP contribution in [0.2, 0.25) is 5.02 Å². The van der Waals surface area contributed by atoms with Gasteiger partial charge in [-0.3, -0.25) is 4.79 Å². The Bertz CT molecular complexity index is 389. The summed E-state index contributed by atoms with van der Waals surface area (Å²) in [5.41, 5.74) is -1.45. The summed E-state index contributed by atoms with van der Waals surface area (Å²) in [7, 11) is 0. The van der Waals surface area contributed by atoms with Gasteiger partial charge >= 0.3 is 0 Å². The molecule has 0 saturated heterocycles. The molecule has 1 heterocycles. The number of aliphatic hydroxyl groups excluding tert-OH is 2. The van der Waals surface area contributed by atoms with Crippen LogP contribution in [0.15, 0.2) is 11.1 Å². The van der Waals surface area contributed by atoms with Gasteiger partial charge < -0.3 is 20.5 Å². The summed E-state index contributed by atoms with van der Waals surface area (Å²) in [6.45, 7) is 0.953. The van der Waals surface area contributed by atoms with Crippen molar-refractivity contribution in [3.05, 3.63) is 21.7 Å². The Morgan fingerprint density at radius 3 is 2.73 bits per heavy atom. The zero-order valence-electron chi connectivity index (χ0n) is 8.12. The Balaban J connectivity index is 2.99. The lowest BCUT2D eigenvalue weighted by molar-refractivity contribution is 0.147. The molecule has 6 nitrogen and oxygen atoms in total. The second-order valence-corrected chi connectivity index (χ2v) is 3.77. The topological polar surface area (TPSA) is 98.2 Å². The van der Waals surface area contributed by atoms with Crippen molar-refractivity contribution >= 4 is 17.4 Å². The number of halogens is 1. The highest BCUT2D eigenvalue weighted by molar-refractivity contribution is 6.32. The first-order chi connectivity index (χ1) is 7.02. The van der Waals surface area contributed by atoms with Crippen LogP contribution in [0.4, 0.5) is 5.82 Å². The number of aliphatic hydroxyl groups is 2. The molecule has 0 saturated carbocycles. The Hall–Kier alpha value is -1.11. The molecule has 0 radical (unpaired) electrons. The molecule has 1 aromatic heterocycles. The highest BCUT2D eigenvalue weighted by Gasteiger charge is 2.23. The molecule has 0 bridgehead atoms. The summed E-state index contributed by atoms with van der Waals surface area (Å²) >= 11 is 5.68. The fourth-order valence-electron chi connectivity index (χ4n) is 0.885. The summed E-state index contributed by atoms with van der Waals surface area (Å²) in [5.74, 6) is 0.131. The molecular formula is C8H12ClN3O3. The van der Waals surface area contributed by atoms with E-state index in [0.717, 1.165) is 0 Å². The van der Waals surface area contributed by atoms with E-state index >= 15 is 0 Å². The van der Waals surface area contributed by atoms with E-state index < -0.39 is 11.1 Å². The molecule has 0 unspecified atom stereocenters. The summed E-state index contributed by atoms with van der Waals surface area (Å²) in [6, 6.07) is 0. The number of rotatable bonds is 4. The maximum Gasteiger partial charge on any atom is 0.271 e. The fourth-order valence-corrected chi connectivity index (χ4v) is 1.04. The monoisotopic (exact) mass is 233 g/mol. The molecule has 0 aromatic carbocycles. The van der Waals surface area contributed by atoms with Crippen LogP contribution < -0.4 is 10.9 Å². The molecule has 1 aromatic rings. The van der Waals surface area contributed by atoms with E-state index in [4.69, 9.17) is 21.8 Å². The number of anilines is 1. The molecule has 15 heavy (non-hydrogen) atoms. The minimum Gasteiger partial charge on any atom is -0.394 e. The van der Waals surface area contributed by atoms with E-state index in [1.165, 1.54) is 6.33 Å². The molecule has 1 rings (SSSR count). The predicted octanol–water partition coefficient (Wildman–Crippen LogP) is -0.422. The van der Waals surface area contributed by atoms with Gasteiger partial charge in [0, 0.05) is 0 Å². The average molecular weight is 234 g/mol. The molecule has 0 atom stereocenters. The highest BCUT2D eigenvalue weighted by Crippen LogP contribution is 2.17. The largest absolute Gasteiger partial charge is 0.394 e. The van der Waals surface area contributed by atoms with Gasteiger partial charge in [0.05, 0.1) is 25.1 Å². The van der Waals surface area contributed by atoms with Crippen LogP contribution in [0, 0.1) is 0 Å². The lowest BCUT2D eigenvalue weighted by Gasteiger charge is -2.26. The maximum atomic E-state index is 11.1. The molecule has 0 amide bonds. The van der Waals surface area contributed by atoms with Gasteiger partial charge in [0.25, 0.3) is 5.56 Å². The molecule has 0 aliphatic rings. The third-order valence-corrected chi connectivity index (χ3v) is 2.27. The van der Waals surface area contributed by atoms with Crippen molar-refractivity contribution in [3.63, 3.8) is 0 Å². The first-order valence-electron chi connectivity index (χ1n) is 4.25. The van der Waals surface area contributed by atoms with Crippen molar-refractivity contribution in [1.29, 1.82) is 0 Å². The molecule has 0 aliphatic heterocycles. The third-order valence-electron chi connectivity index (χ3n) is 1.91. The van der Waals surface area contributed by atoms with E-state index in [9.17, 15) is 4.79 Å². The first kappa shape index (κ1) is 12.0. The molecule has 4 N–H and O–H groups in total. The van der Waals surface area contributed by atoms with Crippen molar-refractivity contribution in [1.82, 2.24) is 9.97 Å². The zero-order chi connectivity index (χ0) is 11.5. The SMILES string of the molecule is CC(CO)(CO)Nc1nc[nH]c(=O)c1Cl. The van der Waals surface area contributed by atoms with Gasteiger partial charge in [-0.05, 0) is 6.92 Å². The lowest BCUT2D eigenvalue weighted by atomic mass is 10.1. The molecule has 0 spiro atoms. The number of hydrogen-bond acceptors (Lipinski definition) is 5. The van der Waals surface area contributed by atoms with Crippen LogP contribution in [-0.4, -0.2) is 38.9 Å². The molecule has 0 fully saturated rings. The van der Waals surface area contributed by atoms with Gasteiger partial charge in [-0.15, -0.1) is 0 Å². The summed E-state index contributed by atoms with van der Waals surface area (Å²) in [5, 5.41) is 20.6. The van der Waals surface area contributed by atoms with Crippen LogP contribution in [-0.2, 0) is 0 Å². The van der Waals surface area contributed by atoms with Gasteiger partial charge in [-0.2, -0.15) is 0 Å². The number of aromatic nitrogens is 2. The Labute approximate surface area is 90.9 Å². The number of aromatic amines is 1. The van der Waals surface area contributed by atoms with Crippen molar-refractivity contribution < 1.29 is 10.2 Å². The quantitative estimate of drug-likeness (QED) is 0.566. The third kappa shape index (κ3) is 2.68. The van der Waals surface area contributed by atoms with Gasteiger partial charge in [-0.1, -0.05) is 11.6 Å². The molecule has 84 valence electrons. The number of nitrogens with one attached hydrogen (secondary N) is 2. The van der Waals surface area contributed by atoms with Crippen LogP contribution in [0.3, 0.4) is 0 Å². The van der Waals surface area contributed by atoms with Gasteiger partial charge in [0.15, 0.2) is 5.82 Å². The summed E-state index contributed by atoms with van der Waals surface area (Å²) in [6.07, 6.45) is 1.19. The maximum absolute atomic E-state index is 11.1. The lowest BCUT2D eigenvalue weighted by Crippen LogP contribution is -2.43. The van der Waals surface area contributed by atoms with Crippen molar-refractivity contribution in [2.75, 3.05) is 18.5 Å². The normalized spacial score (nSPS) is 11.5.